The predicted molar refractivity (Wildman–Crippen MR) is 90.5 cm³/mol. The number of nitrogens with zero attached hydrogens (tertiary/aromatic N) is 3. The molecule has 2 aliphatic heterocycles. The Morgan fingerprint density at radius 1 is 1.26 bits per heavy atom. The van der Waals surface area contributed by atoms with Crippen LogP contribution in [-0.4, -0.2) is 45.4 Å². The van der Waals surface area contributed by atoms with E-state index in [9.17, 15) is 4.79 Å². The van der Waals surface area contributed by atoms with Gasteiger partial charge in [0.05, 0.1) is 10.6 Å². The second kappa shape index (κ2) is 5.39. The first-order valence-corrected chi connectivity index (χ1v) is 8.35. The molecular formula is C18H20ClN3O. The Hall–Kier alpha value is -1.78. The number of hydrogen-bond acceptors (Lipinski definition) is 2. The van der Waals surface area contributed by atoms with E-state index in [1.165, 1.54) is 12.0 Å². The van der Waals surface area contributed by atoms with Crippen LogP contribution in [0.3, 0.4) is 0 Å². The summed E-state index contributed by atoms with van der Waals surface area (Å²) in [6.07, 6.45) is 2.95. The first kappa shape index (κ1) is 14.8. The average Bonchev–Trinajstić information content (AvgIpc) is 2.82. The van der Waals surface area contributed by atoms with E-state index in [4.69, 9.17) is 11.6 Å². The molecule has 120 valence electrons. The van der Waals surface area contributed by atoms with Crippen molar-refractivity contribution in [2.75, 3.05) is 19.6 Å². The van der Waals surface area contributed by atoms with E-state index in [1.54, 1.807) is 16.8 Å². The van der Waals surface area contributed by atoms with E-state index < -0.39 is 0 Å². The van der Waals surface area contributed by atoms with Crippen LogP contribution < -0.4 is 0 Å². The van der Waals surface area contributed by atoms with Crippen LogP contribution in [0.5, 0.6) is 0 Å². The van der Waals surface area contributed by atoms with Gasteiger partial charge in [0.15, 0.2) is 0 Å². The van der Waals surface area contributed by atoms with Gasteiger partial charge in [-0.2, -0.15) is 0 Å². The maximum Gasteiger partial charge on any atom is 0.270 e. The Morgan fingerprint density at radius 3 is 2.57 bits per heavy atom. The molecule has 0 radical (unpaired) electrons. The van der Waals surface area contributed by atoms with E-state index in [1.807, 2.05) is 18.0 Å². The number of halogens is 1. The zero-order valence-corrected chi connectivity index (χ0v) is 14.0. The summed E-state index contributed by atoms with van der Waals surface area (Å²) >= 11 is 5.98. The molecule has 0 bridgehead atoms. The fraction of sp³-hybridized carbons (Fsp3) is 0.389. The molecule has 2 aromatic rings. The van der Waals surface area contributed by atoms with Gasteiger partial charge in [0.1, 0.15) is 5.69 Å². The highest BCUT2D eigenvalue weighted by molar-refractivity contribution is 6.31. The molecule has 1 spiro atoms. The fourth-order valence-electron chi connectivity index (χ4n) is 3.70. The topological polar surface area (TPSA) is 28.5 Å². The van der Waals surface area contributed by atoms with Crippen molar-refractivity contribution in [3.05, 3.63) is 58.9 Å². The minimum absolute atomic E-state index is 0.0802. The highest BCUT2D eigenvalue weighted by Gasteiger charge is 2.54. The lowest BCUT2D eigenvalue weighted by atomic mass is 9.77. The van der Waals surface area contributed by atoms with Gasteiger partial charge in [0.25, 0.3) is 5.91 Å². The second-order valence-corrected chi connectivity index (χ2v) is 7.13. The Kier molecular flexibility index (Phi) is 3.47. The number of likely N-dealkylation sites (tertiary alicyclic amines) is 2. The van der Waals surface area contributed by atoms with Crippen LogP contribution in [0.15, 0.2) is 42.6 Å². The van der Waals surface area contributed by atoms with Crippen molar-refractivity contribution in [2.24, 2.45) is 7.05 Å². The van der Waals surface area contributed by atoms with Gasteiger partial charge >= 0.3 is 0 Å². The highest BCUT2D eigenvalue weighted by atomic mass is 35.5. The lowest BCUT2D eigenvalue weighted by molar-refractivity contribution is -0.112. The van der Waals surface area contributed by atoms with Gasteiger partial charge in [-0.3, -0.25) is 9.69 Å². The van der Waals surface area contributed by atoms with Gasteiger partial charge in [-0.05, 0) is 18.1 Å². The zero-order valence-electron chi connectivity index (χ0n) is 13.2. The molecule has 0 aliphatic carbocycles. The Morgan fingerprint density at radius 2 is 2.00 bits per heavy atom. The number of aryl methyl sites for hydroxylation is 1. The third-order valence-corrected chi connectivity index (χ3v) is 5.39. The van der Waals surface area contributed by atoms with Crippen molar-refractivity contribution in [2.45, 2.75) is 18.5 Å². The van der Waals surface area contributed by atoms with Crippen LogP contribution >= 0.6 is 11.6 Å². The average molecular weight is 330 g/mol. The number of carbonyl (C=O) groups excluding carboxylic acids is 1. The molecule has 23 heavy (non-hydrogen) atoms. The third kappa shape index (κ3) is 2.46. The largest absolute Gasteiger partial charge is 0.345 e. The molecule has 1 aromatic heterocycles. The number of amides is 1. The maximum absolute atomic E-state index is 12.6. The van der Waals surface area contributed by atoms with Gasteiger partial charge in [0, 0.05) is 39.4 Å². The van der Waals surface area contributed by atoms with Gasteiger partial charge in [-0.25, -0.2) is 0 Å². The number of hydrogen-bond donors (Lipinski definition) is 0. The first-order chi connectivity index (χ1) is 11.1. The maximum atomic E-state index is 12.6. The summed E-state index contributed by atoms with van der Waals surface area (Å²) in [6, 6.07) is 12.3. The van der Waals surface area contributed by atoms with Crippen molar-refractivity contribution in [1.82, 2.24) is 14.4 Å². The van der Waals surface area contributed by atoms with Crippen molar-refractivity contribution < 1.29 is 4.79 Å². The van der Waals surface area contributed by atoms with Crippen LogP contribution in [0.1, 0.15) is 22.5 Å². The van der Waals surface area contributed by atoms with Crippen LogP contribution in [0.25, 0.3) is 0 Å². The smallest absolute Gasteiger partial charge is 0.270 e. The van der Waals surface area contributed by atoms with Gasteiger partial charge in [0.2, 0.25) is 0 Å². The Bertz CT molecular complexity index is 734. The third-order valence-electron chi connectivity index (χ3n) is 5.18. The number of benzene rings is 1. The summed E-state index contributed by atoms with van der Waals surface area (Å²) in [5, 5.41) is 0.612. The quantitative estimate of drug-likeness (QED) is 0.866. The first-order valence-electron chi connectivity index (χ1n) is 7.98. The van der Waals surface area contributed by atoms with Crippen LogP contribution in [0.2, 0.25) is 5.02 Å². The van der Waals surface area contributed by atoms with Crippen LogP contribution in [0, 0.1) is 0 Å². The van der Waals surface area contributed by atoms with Crippen molar-refractivity contribution in [3.8, 4) is 0 Å². The summed E-state index contributed by atoms with van der Waals surface area (Å²) in [5.74, 6) is 0.0802. The number of aromatic nitrogens is 1. The molecule has 1 aromatic carbocycles. The zero-order chi connectivity index (χ0) is 16.0. The summed E-state index contributed by atoms with van der Waals surface area (Å²) in [7, 11) is 1.86. The molecule has 1 amide bonds. The molecule has 0 saturated carbocycles. The van der Waals surface area contributed by atoms with Crippen molar-refractivity contribution in [3.63, 3.8) is 0 Å². The molecule has 0 unspecified atom stereocenters. The lowest BCUT2D eigenvalue weighted by Gasteiger charge is -2.62. The minimum atomic E-state index is 0.0802. The standard InChI is InChI=1S/C18H20ClN3O/c1-20-11-15(19)9-16(20)17(23)21-12-18(13-21)7-8-22(18)10-14-5-3-2-4-6-14/h2-6,9,11H,7-8,10,12-13H2,1H3. The van der Waals surface area contributed by atoms with E-state index in [0.717, 1.165) is 26.2 Å². The number of rotatable bonds is 3. The molecule has 4 rings (SSSR count). The Balaban J connectivity index is 1.41. The molecule has 2 aliphatic rings. The van der Waals surface area contributed by atoms with Crippen LogP contribution in [-0.2, 0) is 13.6 Å². The molecular weight excluding hydrogens is 310 g/mol. The predicted octanol–water partition coefficient (Wildman–Crippen LogP) is 2.78. The van der Waals surface area contributed by atoms with E-state index >= 15 is 0 Å². The molecule has 5 heteroatoms. The molecule has 3 heterocycles. The summed E-state index contributed by atoms with van der Waals surface area (Å²) in [5.41, 5.74) is 2.20. The van der Waals surface area contributed by atoms with E-state index in [-0.39, 0.29) is 11.4 Å². The lowest BCUT2D eigenvalue weighted by Crippen LogP contribution is -2.77. The van der Waals surface area contributed by atoms with Crippen molar-refractivity contribution >= 4 is 17.5 Å². The van der Waals surface area contributed by atoms with Gasteiger partial charge < -0.3 is 9.47 Å². The normalized spacial score (nSPS) is 19.5. The number of carbonyl (C=O) groups is 1. The van der Waals surface area contributed by atoms with Crippen molar-refractivity contribution in [1.29, 1.82) is 0 Å². The van der Waals surface area contributed by atoms with E-state index in [0.29, 0.717) is 10.7 Å². The SMILES string of the molecule is Cn1cc(Cl)cc1C(=O)N1CC2(CCN2Cc2ccccc2)C1. The monoisotopic (exact) mass is 329 g/mol. The highest BCUT2D eigenvalue weighted by Crippen LogP contribution is 2.40. The molecule has 4 nitrogen and oxygen atoms in total. The van der Waals surface area contributed by atoms with Gasteiger partial charge in [-0.15, -0.1) is 0 Å². The van der Waals surface area contributed by atoms with E-state index in [2.05, 4.69) is 29.2 Å². The molecule has 0 atom stereocenters. The summed E-state index contributed by atoms with van der Waals surface area (Å²) in [6.45, 7) is 3.73. The molecule has 0 N–H and O–H groups in total. The summed E-state index contributed by atoms with van der Waals surface area (Å²) in [4.78, 5) is 17.0. The summed E-state index contributed by atoms with van der Waals surface area (Å²) < 4.78 is 1.80. The van der Waals surface area contributed by atoms with Gasteiger partial charge in [-0.1, -0.05) is 41.9 Å². The fourth-order valence-corrected chi connectivity index (χ4v) is 3.95. The minimum Gasteiger partial charge on any atom is -0.345 e. The van der Waals surface area contributed by atoms with Crippen LogP contribution in [0.4, 0.5) is 0 Å². The second-order valence-electron chi connectivity index (χ2n) is 6.70. The molecule has 2 saturated heterocycles. The molecule has 2 fully saturated rings. The Labute approximate surface area is 141 Å².